The van der Waals surface area contributed by atoms with Gasteiger partial charge in [-0.15, -0.1) is 0 Å². The van der Waals surface area contributed by atoms with E-state index in [2.05, 4.69) is 34.9 Å². The lowest BCUT2D eigenvalue weighted by Crippen LogP contribution is -1.96. The second-order valence-electron chi connectivity index (χ2n) is 1.98. The van der Waals surface area contributed by atoms with E-state index in [1.807, 2.05) is 0 Å². The smallest absolute Gasteiger partial charge is 0.228 e. The van der Waals surface area contributed by atoms with Crippen LogP contribution < -0.4 is 5.32 Å². The molecule has 8 nitrogen and oxygen atoms in total. The van der Waals surface area contributed by atoms with Crippen molar-refractivity contribution in [3.05, 3.63) is 6.39 Å². The minimum Gasteiger partial charge on any atom is -0.342 e. The Hall–Kier alpha value is -2.25. The first-order valence-electron chi connectivity index (χ1n) is 3.21. The van der Waals surface area contributed by atoms with Gasteiger partial charge < -0.3 is 9.84 Å². The van der Waals surface area contributed by atoms with E-state index >= 15 is 0 Å². The van der Waals surface area contributed by atoms with Crippen molar-refractivity contribution in [2.75, 3.05) is 5.32 Å². The molecule has 0 aliphatic rings. The Kier molecular flexibility index (Phi) is 1.71. The van der Waals surface area contributed by atoms with Crippen molar-refractivity contribution in [1.82, 2.24) is 20.5 Å². The molecule has 1 N–H and O–H groups in total. The summed E-state index contributed by atoms with van der Waals surface area (Å²) < 4.78 is 8.86. The third-order valence-corrected chi connectivity index (χ3v) is 1.26. The molecule has 0 unspecified atom stereocenters. The molecule has 13 heavy (non-hydrogen) atoms. The van der Waals surface area contributed by atoms with Gasteiger partial charge in [0, 0.05) is 0 Å². The van der Waals surface area contributed by atoms with Gasteiger partial charge in [-0.1, -0.05) is 5.16 Å². The fraction of sp³-hybridized carbons (Fsp3) is 0. The Labute approximate surface area is 70.9 Å². The van der Waals surface area contributed by atoms with E-state index in [0.29, 0.717) is 6.41 Å². The van der Waals surface area contributed by atoms with Crippen LogP contribution in [0.15, 0.2) is 15.5 Å². The summed E-state index contributed by atoms with van der Waals surface area (Å²) in [4.78, 5) is 13.8. The summed E-state index contributed by atoms with van der Waals surface area (Å²) in [6.07, 6.45) is 1.58. The number of anilines is 1. The summed E-state index contributed by atoms with van der Waals surface area (Å²) in [6, 6.07) is 0. The Bertz CT molecular complexity index is 394. The summed E-state index contributed by atoms with van der Waals surface area (Å²) in [5.74, 6) is 0.349. The zero-order chi connectivity index (χ0) is 9.10. The van der Waals surface area contributed by atoms with Crippen LogP contribution in [0.3, 0.4) is 0 Å². The Morgan fingerprint density at radius 2 is 2.31 bits per heavy atom. The van der Waals surface area contributed by atoms with Gasteiger partial charge in [0.15, 0.2) is 5.69 Å². The van der Waals surface area contributed by atoms with Gasteiger partial charge in [0.1, 0.15) is 0 Å². The topological polar surface area (TPSA) is 107 Å². The molecular formula is C5H3N5O3. The molecule has 66 valence electrons. The highest BCUT2D eigenvalue weighted by Crippen LogP contribution is 2.19. The number of amides is 1. The quantitative estimate of drug-likeness (QED) is 0.647. The van der Waals surface area contributed by atoms with Gasteiger partial charge in [-0.3, -0.25) is 4.79 Å². The van der Waals surface area contributed by atoms with E-state index in [-0.39, 0.29) is 17.3 Å². The van der Waals surface area contributed by atoms with Gasteiger partial charge in [0.2, 0.25) is 24.4 Å². The average molecular weight is 181 g/mol. The van der Waals surface area contributed by atoms with Crippen molar-refractivity contribution in [2.45, 2.75) is 0 Å². The van der Waals surface area contributed by atoms with E-state index in [9.17, 15) is 4.79 Å². The molecule has 2 rings (SSSR count). The molecule has 2 aromatic rings. The lowest BCUT2D eigenvalue weighted by molar-refractivity contribution is -0.105. The first-order valence-corrected chi connectivity index (χ1v) is 3.21. The monoisotopic (exact) mass is 181 g/mol. The Balaban J connectivity index is 2.40. The summed E-state index contributed by atoms with van der Waals surface area (Å²) in [6.45, 7) is 0. The maximum atomic E-state index is 10.1. The van der Waals surface area contributed by atoms with Crippen LogP contribution in [0, 0.1) is 0 Å². The molecule has 0 saturated heterocycles. The fourth-order valence-corrected chi connectivity index (χ4v) is 0.761. The summed E-state index contributed by atoms with van der Waals surface area (Å²) >= 11 is 0. The molecule has 8 heteroatoms. The normalized spacial score (nSPS) is 9.85. The van der Waals surface area contributed by atoms with Gasteiger partial charge in [-0.2, -0.15) is 4.98 Å². The first-order chi connectivity index (χ1) is 6.42. The highest BCUT2D eigenvalue weighted by molar-refractivity contribution is 5.76. The first kappa shape index (κ1) is 7.40. The standard InChI is InChI=1S/C5H3N5O3/c11-1-6-4-3(8-13-10-4)5-7-2-12-9-5/h1-2H,(H,6,10,11). The maximum absolute atomic E-state index is 10.1. The second kappa shape index (κ2) is 3.01. The van der Waals surface area contributed by atoms with Crippen LogP contribution in [0.4, 0.5) is 5.82 Å². The summed E-state index contributed by atoms with van der Waals surface area (Å²) in [5.41, 5.74) is 0.223. The molecule has 0 aliphatic heterocycles. The van der Waals surface area contributed by atoms with Crippen molar-refractivity contribution in [3.63, 3.8) is 0 Å². The number of aromatic nitrogens is 4. The van der Waals surface area contributed by atoms with Crippen LogP contribution in [-0.2, 0) is 4.79 Å². The zero-order valence-corrected chi connectivity index (χ0v) is 6.17. The van der Waals surface area contributed by atoms with Crippen molar-refractivity contribution in [3.8, 4) is 11.5 Å². The summed E-state index contributed by atoms with van der Waals surface area (Å²) in [7, 11) is 0. The number of hydrogen-bond acceptors (Lipinski definition) is 7. The van der Waals surface area contributed by atoms with Crippen LogP contribution in [-0.4, -0.2) is 26.9 Å². The molecular weight excluding hydrogens is 178 g/mol. The minimum absolute atomic E-state index is 0.149. The van der Waals surface area contributed by atoms with Crippen molar-refractivity contribution in [2.24, 2.45) is 0 Å². The van der Waals surface area contributed by atoms with Gasteiger partial charge in [0.25, 0.3) is 0 Å². The predicted molar refractivity (Wildman–Crippen MR) is 37.3 cm³/mol. The largest absolute Gasteiger partial charge is 0.342 e. The van der Waals surface area contributed by atoms with Crippen molar-refractivity contribution in [1.29, 1.82) is 0 Å². The minimum atomic E-state index is 0.149. The fourth-order valence-electron chi connectivity index (χ4n) is 0.761. The molecule has 0 saturated carbocycles. The lowest BCUT2D eigenvalue weighted by atomic mass is 10.4. The van der Waals surface area contributed by atoms with E-state index in [4.69, 9.17) is 0 Å². The van der Waals surface area contributed by atoms with Crippen LogP contribution in [0.25, 0.3) is 11.5 Å². The second-order valence-corrected chi connectivity index (χ2v) is 1.98. The lowest BCUT2D eigenvalue weighted by Gasteiger charge is -1.88. The Morgan fingerprint density at radius 3 is 3.00 bits per heavy atom. The highest BCUT2D eigenvalue weighted by Gasteiger charge is 2.15. The number of nitrogens with zero attached hydrogens (tertiary/aromatic N) is 4. The van der Waals surface area contributed by atoms with Gasteiger partial charge in [-0.05, 0) is 10.3 Å². The van der Waals surface area contributed by atoms with Crippen molar-refractivity contribution >= 4 is 12.2 Å². The zero-order valence-electron chi connectivity index (χ0n) is 6.17. The number of hydrogen-bond donors (Lipinski definition) is 1. The average Bonchev–Trinajstić information content (AvgIpc) is 2.71. The van der Waals surface area contributed by atoms with Crippen LogP contribution in [0.5, 0.6) is 0 Å². The van der Waals surface area contributed by atoms with E-state index in [1.165, 1.54) is 0 Å². The van der Waals surface area contributed by atoms with Crippen LogP contribution in [0.2, 0.25) is 0 Å². The molecule has 1 amide bonds. The molecule has 0 aromatic carbocycles. The van der Waals surface area contributed by atoms with Crippen LogP contribution >= 0.6 is 0 Å². The predicted octanol–water partition coefficient (Wildman–Crippen LogP) is -0.312. The third-order valence-electron chi connectivity index (χ3n) is 1.26. The number of rotatable bonds is 3. The number of carbonyl (C=O) groups excluding carboxylic acids is 1. The van der Waals surface area contributed by atoms with Gasteiger partial charge in [-0.25, -0.2) is 4.63 Å². The van der Waals surface area contributed by atoms with Crippen LogP contribution in [0.1, 0.15) is 0 Å². The maximum Gasteiger partial charge on any atom is 0.228 e. The number of nitrogens with one attached hydrogen (secondary N) is 1. The van der Waals surface area contributed by atoms with E-state index in [1.54, 1.807) is 0 Å². The van der Waals surface area contributed by atoms with E-state index < -0.39 is 0 Å². The summed E-state index contributed by atoms with van der Waals surface area (Å²) in [5, 5.41) is 12.7. The molecule has 0 radical (unpaired) electrons. The van der Waals surface area contributed by atoms with Gasteiger partial charge in [0.05, 0.1) is 0 Å². The SMILES string of the molecule is O=CNc1nonc1-c1ncon1. The molecule has 2 aromatic heterocycles. The molecule has 0 bridgehead atoms. The van der Waals surface area contributed by atoms with Gasteiger partial charge >= 0.3 is 0 Å². The highest BCUT2D eigenvalue weighted by atomic mass is 16.6. The van der Waals surface area contributed by atoms with E-state index in [0.717, 1.165) is 6.39 Å². The molecule has 0 fully saturated rings. The molecule has 0 atom stereocenters. The Morgan fingerprint density at radius 1 is 1.38 bits per heavy atom. The molecule has 2 heterocycles. The number of carbonyl (C=O) groups is 1. The third kappa shape index (κ3) is 1.24. The molecule has 0 spiro atoms. The van der Waals surface area contributed by atoms with Crippen molar-refractivity contribution < 1.29 is 13.9 Å². The molecule has 0 aliphatic carbocycles.